The second-order valence-electron chi connectivity index (χ2n) is 9.08. The Kier molecular flexibility index (Phi) is 8.49. The maximum atomic E-state index is 13.0. The van der Waals surface area contributed by atoms with Gasteiger partial charge in [0.15, 0.2) is 6.61 Å². The third-order valence-electron chi connectivity index (χ3n) is 6.16. The van der Waals surface area contributed by atoms with Crippen molar-refractivity contribution in [3.8, 4) is 0 Å². The van der Waals surface area contributed by atoms with Crippen LogP contribution in [-0.2, 0) is 32.4 Å². The van der Waals surface area contributed by atoms with Crippen LogP contribution in [0.3, 0.4) is 0 Å². The number of rotatable bonds is 8. The Labute approximate surface area is 202 Å². The van der Waals surface area contributed by atoms with Gasteiger partial charge in [0.1, 0.15) is 0 Å². The summed E-state index contributed by atoms with van der Waals surface area (Å²) in [5, 5.41) is 2.86. The molecule has 2 atom stereocenters. The van der Waals surface area contributed by atoms with Crippen LogP contribution < -0.4 is 5.32 Å². The summed E-state index contributed by atoms with van der Waals surface area (Å²) >= 11 is 0. The van der Waals surface area contributed by atoms with E-state index in [1.54, 1.807) is 0 Å². The van der Waals surface area contributed by atoms with Crippen molar-refractivity contribution in [1.29, 1.82) is 0 Å². The number of nitrogens with one attached hydrogen (secondary N) is 1. The van der Waals surface area contributed by atoms with E-state index in [-0.39, 0.29) is 10.5 Å². The van der Waals surface area contributed by atoms with E-state index in [4.69, 9.17) is 4.74 Å². The van der Waals surface area contributed by atoms with Gasteiger partial charge in [0, 0.05) is 18.8 Å². The summed E-state index contributed by atoms with van der Waals surface area (Å²) in [6.07, 6.45) is 2.55. The van der Waals surface area contributed by atoms with Crippen LogP contribution in [0.25, 0.3) is 0 Å². The first-order chi connectivity index (χ1) is 16.1. The van der Waals surface area contributed by atoms with E-state index in [0.717, 1.165) is 36.1 Å². The molecule has 184 valence electrons. The molecule has 0 radical (unpaired) electrons. The molecule has 1 heterocycles. The van der Waals surface area contributed by atoms with Crippen LogP contribution in [0.5, 0.6) is 0 Å². The van der Waals surface area contributed by atoms with Crippen LogP contribution >= 0.6 is 0 Å². The topological polar surface area (TPSA) is 92.8 Å². The van der Waals surface area contributed by atoms with Gasteiger partial charge in [-0.05, 0) is 66.5 Å². The molecule has 1 N–H and O–H groups in total. The normalized spacial score (nSPS) is 18.9. The highest BCUT2D eigenvalue weighted by Crippen LogP contribution is 2.27. The molecule has 0 bridgehead atoms. The van der Waals surface area contributed by atoms with Gasteiger partial charge >= 0.3 is 5.97 Å². The van der Waals surface area contributed by atoms with Crippen molar-refractivity contribution in [3.05, 3.63) is 59.2 Å². The zero-order chi connectivity index (χ0) is 24.9. The minimum Gasteiger partial charge on any atom is -0.452 e. The molecular weight excluding hydrogens is 452 g/mol. The number of carbonyl (C=O) groups is 2. The number of hydrogen-bond donors (Lipinski definition) is 1. The molecule has 8 heteroatoms. The van der Waals surface area contributed by atoms with Crippen molar-refractivity contribution < 1.29 is 22.7 Å². The average Bonchev–Trinajstić information content (AvgIpc) is 2.82. The molecule has 1 aliphatic heterocycles. The third-order valence-corrected chi connectivity index (χ3v) is 8.01. The fraction of sp³-hybridized carbons (Fsp3) is 0.462. The minimum atomic E-state index is -3.63. The highest BCUT2D eigenvalue weighted by Gasteiger charge is 2.31. The molecule has 2 aromatic rings. The highest BCUT2D eigenvalue weighted by atomic mass is 32.2. The number of amides is 1. The maximum absolute atomic E-state index is 13.0. The van der Waals surface area contributed by atoms with Crippen molar-refractivity contribution in [3.63, 3.8) is 0 Å². The predicted octanol–water partition coefficient (Wildman–Crippen LogP) is 4.27. The van der Waals surface area contributed by atoms with Crippen LogP contribution in [0.1, 0.15) is 55.6 Å². The Morgan fingerprint density at radius 3 is 2.06 bits per heavy atom. The molecule has 34 heavy (non-hydrogen) atoms. The SMILES string of the molecule is CCc1cccc(CC)c1NC(=O)COC(=O)c1ccc(S(=O)(=O)N2C[C@@H](C)C[C@H](C)C2)cc1. The summed E-state index contributed by atoms with van der Waals surface area (Å²) in [4.78, 5) is 25.0. The molecule has 0 aromatic heterocycles. The first kappa shape index (κ1) is 25.9. The van der Waals surface area contributed by atoms with Gasteiger partial charge in [0.2, 0.25) is 10.0 Å². The fourth-order valence-corrected chi connectivity index (χ4v) is 6.19. The van der Waals surface area contributed by atoms with E-state index in [9.17, 15) is 18.0 Å². The van der Waals surface area contributed by atoms with Gasteiger partial charge in [0.05, 0.1) is 10.5 Å². The standard InChI is InChI=1S/C26H34N2O5S/c1-5-20-8-7-9-21(6-2)25(20)27-24(29)17-33-26(30)22-10-12-23(13-11-22)34(31,32)28-15-18(3)14-19(4)16-28/h7-13,18-19H,5-6,14-17H2,1-4H3,(H,27,29)/t18-,19-/m0/s1. The van der Waals surface area contributed by atoms with E-state index in [1.165, 1.54) is 28.6 Å². The zero-order valence-corrected chi connectivity index (χ0v) is 21.2. The Bertz CT molecular complexity index is 1100. The van der Waals surface area contributed by atoms with Crippen molar-refractivity contribution in [2.24, 2.45) is 11.8 Å². The summed E-state index contributed by atoms with van der Waals surface area (Å²) in [5.41, 5.74) is 3.00. The van der Waals surface area contributed by atoms with Crippen LogP contribution in [0, 0.1) is 11.8 Å². The second-order valence-corrected chi connectivity index (χ2v) is 11.0. The molecule has 0 saturated carbocycles. The van der Waals surface area contributed by atoms with Gasteiger partial charge in [0.25, 0.3) is 5.91 Å². The number of ether oxygens (including phenoxy) is 1. The van der Waals surface area contributed by atoms with Gasteiger partial charge < -0.3 is 10.1 Å². The van der Waals surface area contributed by atoms with E-state index in [0.29, 0.717) is 24.9 Å². The smallest absolute Gasteiger partial charge is 0.338 e. The zero-order valence-electron chi connectivity index (χ0n) is 20.3. The lowest BCUT2D eigenvalue weighted by Crippen LogP contribution is -2.42. The molecule has 7 nitrogen and oxygen atoms in total. The first-order valence-corrected chi connectivity index (χ1v) is 13.3. The van der Waals surface area contributed by atoms with Gasteiger partial charge in [-0.2, -0.15) is 4.31 Å². The first-order valence-electron chi connectivity index (χ1n) is 11.8. The summed E-state index contributed by atoms with van der Waals surface area (Å²) in [5.74, 6) is -0.497. The fourth-order valence-electron chi connectivity index (χ4n) is 4.51. The van der Waals surface area contributed by atoms with Crippen LogP contribution in [0.4, 0.5) is 5.69 Å². The largest absolute Gasteiger partial charge is 0.452 e. The van der Waals surface area contributed by atoms with E-state index in [1.807, 2.05) is 32.0 Å². The molecule has 1 saturated heterocycles. The number of benzene rings is 2. The molecule has 2 aromatic carbocycles. The van der Waals surface area contributed by atoms with Crippen molar-refractivity contribution in [2.75, 3.05) is 25.0 Å². The summed E-state index contributed by atoms with van der Waals surface area (Å²) in [6, 6.07) is 11.6. The minimum absolute atomic E-state index is 0.145. The Morgan fingerprint density at radius 1 is 0.971 bits per heavy atom. The number of piperidine rings is 1. The number of aryl methyl sites for hydroxylation is 2. The quantitative estimate of drug-likeness (QED) is 0.563. The molecule has 0 spiro atoms. The van der Waals surface area contributed by atoms with Crippen LogP contribution in [0.2, 0.25) is 0 Å². The molecule has 0 aliphatic carbocycles. The van der Waals surface area contributed by atoms with E-state index < -0.39 is 28.5 Å². The summed E-state index contributed by atoms with van der Waals surface area (Å²) in [7, 11) is -3.63. The van der Waals surface area contributed by atoms with Gasteiger partial charge in [-0.25, -0.2) is 13.2 Å². The Hall–Kier alpha value is -2.71. The Morgan fingerprint density at radius 2 is 1.53 bits per heavy atom. The predicted molar refractivity (Wildman–Crippen MR) is 132 cm³/mol. The monoisotopic (exact) mass is 486 g/mol. The molecule has 1 aliphatic rings. The number of hydrogen-bond acceptors (Lipinski definition) is 5. The second kappa shape index (κ2) is 11.1. The summed E-state index contributed by atoms with van der Waals surface area (Å²) in [6.45, 7) is 8.69. The highest BCUT2D eigenvalue weighted by molar-refractivity contribution is 7.89. The molecule has 3 rings (SSSR count). The summed E-state index contributed by atoms with van der Waals surface area (Å²) < 4.78 is 32.7. The van der Waals surface area contributed by atoms with Crippen LogP contribution in [-0.4, -0.2) is 44.3 Å². The number of nitrogens with zero attached hydrogens (tertiary/aromatic N) is 1. The lowest BCUT2D eigenvalue weighted by molar-refractivity contribution is -0.119. The molecule has 0 unspecified atom stereocenters. The van der Waals surface area contributed by atoms with E-state index in [2.05, 4.69) is 19.2 Å². The van der Waals surface area contributed by atoms with Crippen LogP contribution in [0.15, 0.2) is 47.4 Å². The number of sulfonamides is 1. The number of para-hydroxylation sites is 1. The maximum Gasteiger partial charge on any atom is 0.338 e. The van der Waals surface area contributed by atoms with E-state index >= 15 is 0 Å². The van der Waals surface area contributed by atoms with Crippen molar-refractivity contribution in [2.45, 2.75) is 51.9 Å². The molecular formula is C26H34N2O5S. The number of carbonyl (C=O) groups excluding carboxylic acids is 2. The van der Waals surface area contributed by atoms with Crippen molar-refractivity contribution >= 4 is 27.6 Å². The lowest BCUT2D eigenvalue weighted by atomic mass is 9.94. The third kappa shape index (κ3) is 6.04. The number of anilines is 1. The lowest BCUT2D eigenvalue weighted by Gasteiger charge is -2.34. The number of esters is 1. The molecule has 1 amide bonds. The van der Waals surface area contributed by atoms with Crippen molar-refractivity contribution in [1.82, 2.24) is 4.31 Å². The molecule has 1 fully saturated rings. The average molecular weight is 487 g/mol. The van der Waals surface area contributed by atoms with Gasteiger partial charge in [-0.3, -0.25) is 4.79 Å². The Balaban J connectivity index is 1.62. The van der Waals surface area contributed by atoms with Gasteiger partial charge in [-0.15, -0.1) is 0 Å². The van der Waals surface area contributed by atoms with Gasteiger partial charge in [-0.1, -0.05) is 45.9 Å².